The molecule has 0 bridgehead atoms. The molecule has 12 aliphatic rings. The molecule has 147 heavy (non-hydrogen) atoms. The van der Waals surface area contributed by atoms with E-state index in [1.165, 1.54) is 173 Å². The van der Waals surface area contributed by atoms with Gasteiger partial charge in [-0.3, -0.25) is 0 Å². The van der Waals surface area contributed by atoms with E-state index in [2.05, 4.69) is 208 Å². The van der Waals surface area contributed by atoms with Crippen LogP contribution in [0.25, 0.3) is 0 Å². The van der Waals surface area contributed by atoms with Crippen LogP contribution in [0.1, 0.15) is 651 Å². The third-order valence-corrected chi connectivity index (χ3v) is 33.8. The van der Waals surface area contributed by atoms with Crippen LogP contribution < -0.4 is 0 Å². The summed E-state index contributed by atoms with van der Waals surface area (Å²) in [6.45, 7) is 118. The Morgan fingerprint density at radius 1 is 0.163 bits per heavy atom. The molecule has 6 aromatic rings. The van der Waals surface area contributed by atoms with E-state index >= 15 is 0 Å². The maximum Gasteiger partial charge on any atom is -0.0154 e. The van der Waals surface area contributed by atoms with Crippen molar-refractivity contribution in [1.29, 1.82) is 0 Å². The van der Waals surface area contributed by atoms with Gasteiger partial charge in [-0.05, 0) is 361 Å². The van der Waals surface area contributed by atoms with Gasteiger partial charge in [-0.2, -0.15) is 0 Å². The van der Waals surface area contributed by atoms with E-state index < -0.39 is 0 Å². The molecule has 0 N–H and O–H groups in total. The monoisotopic (exact) mass is 2040 g/mol. The molecule has 0 radical (unpaired) electrons. The predicted octanol–water partition coefficient (Wildman–Crippen LogP) is 51.5. The molecule has 0 aromatic heterocycles. The molecule has 18 rings (SSSR count). The van der Waals surface area contributed by atoms with E-state index in [1.807, 2.05) is 332 Å². The first-order valence-corrected chi connectivity index (χ1v) is 67.0. The Morgan fingerprint density at radius 3 is 0.422 bits per heavy atom. The Kier molecular flexibility index (Phi) is 109. The highest BCUT2D eigenvalue weighted by Crippen LogP contribution is 2.77. The van der Waals surface area contributed by atoms with Crippen molar-refractivity contribution in [3.63, 3.8) is 0 Å². The molecule has 0 amide bonds. The van der Waals surface area contributed by atoms with Crippen molar-refractivity contribution >= 4 is 0 Å². The second kappa shape index (κ2) is 101. The van der Waals surface area contributed by atoms with E-state index in [0.717, 1.165) is 124 Å². The van der Waals surface area contributed by atoms with Gasteiger partial charge in [0.2, 0.25) is 0 Å². The molecule has 0 heterocycles. The first kappa shape index (κ1) is 160. The molecule has 12 fully saturated rings. The summed E-state index contributed by atoms with van der Waals surface area (Å²) in [6.07, 6.45) is 42.9. The molecule has 12 unspecified atom stereocenters. The summed E-state index contributed by atoms with van der Waals surface area (Å²) in [5, 5.41) is 0. The molecular weight excluding hydrogens is 1770 g/mol. The average Bonchev–Trinajstić information content (AvgIpc) is 1.60. The molecule has 0 saturated heterocycles. The van der Waals surface area contributed by atoms with Gasteiger partial charge in [-0.1, -0.05) is 579 Å². The highest BCUT2D eigenvalue weighted by Gasteiger charge is 2.69. The van der Waals surface area contributed by atoms with Crippen molar-refractivity contribution in [3.05, 3.63) is 212 Å². The minimum absolute atomic E-state index is 0.649. The molecule has 0 heteroatoms. The van der Waals surface area contributed by atoms with Gasteiger partial charge in [0.05, 0.1) is 0 Å². The van der Waals surface area contributed by atoms with Crippen LogP contribution in [0, 0.1) is 105 Å². The maximum atomic E-state index is 2.70. The highest BCUT2D eigenvalue weighted by atomic mass is 14.7. The van der Waals surface area contributed by atoms with Gasteiger partial charge in [0.15, 0.2) is 0 Å². The Morgan fingerprint density at radius 2 is 0.286 bits per heavy atom. The Bertz CT molecular complexity index is 3340. The van der Waals surface area contributed by atoms with E-state index in [-0.39, 0.29) is 0 Å². The smallest absolute Gasteiger partial charge is 0.0154 e. The van der Waals surface area contributed by atoms with Crippen molar-refractivity contribution in [2.45, 2.75) is 623 Å². The third-order valence-electron chi connectivity index (χ3n) is 33.8. The molecule has 0 nitrogen and oxygen atoms in total. The molecule has 12 saturated carbocycles. The average molecular weight is 2040 g/mol. The summed E-state index contributed by atoms with van der Waals surface area (Å²) in [4.78, 5) is 0. The van der Waals surface area contributed by atoms with E-state index in [1.54, 1.807) is 86.0 Å². The Hall–Kier alpha value is -4.68. The van der Waals surface area contributed by atoms with Crippen LogP contribution in [0.4, 0.5) is 0 Å². The summed E-state index contributed by atoms with van der Waals surface area (Å²) in [6, 6.07) is 56.7. The number of fused-ring (bicyclic) bond motifs is 3. The first-order chi connectivity index (χ1) is 72.5. The number of rotatable bonds is 12. The van der Waals surface area contributed by atoms with Crippen molar-refractivity contribution in [1.82, 2.24) is 0 Å². The topological polar surface area (TPSA) is 0 Å². The quantitative estimate of drug-likeness (QED) is 0.115. The van der Waals surface area contributed by atoms with Crippen LogP contribution in [0.5, 0.6) is 0 Å². The van der Waals surface area contributed by atoms with Gasteiger partial charge in [0.1, 0.15) is 0 Å². The zero-order chi connectivity index (χ0) is 116. The number of benzene rings is 6. The lowest BCUT2D eigenvalue weighted by atomic mass is 9.45. The van der Waals surface area contributed by atoms with Crippen LogP contribution >= 0.6 is 0 Å². The molecule has 3 spiro atoms. The lowest BCUT2D eigenvalue weighted by molar-refractivity contribution is -0.0888. The highest BCUT2D eigenvalue weighted by molar-refractivity contribution is 5.40. The van der Waals surface area contributed by atoms with Crippen LogP contribution in [0.3, 0.4) is 0 Å². The van der Waals surface area contributed by atoms with Crippen molar-refractivity contribution < 1.29 is 0 Å². The van der Waals surface area contributed by atoms with Gasteiger partial charge in [-0.15, -0.1) is 0 Å². The SMILES string of the molecule is CC.CC.CC.CC.CC.CC.CC.CC.CC.CC.CC.CC.CC.CC.CC.CC.CC.CC.CC.CC.CC.CC.CC.CC.CCc1ccccc1C1C[C@@H]2CC(c3ccccc3CC)C[C@H](C)[C@]23C2CCCC2C[C@@H]3C1.CCc1ccccc1C1C[C@@H]2CC(c3ccccc3CC)C[C@H](C)[C@]23C2CCCC2C[C@@H]3C1.CCc1ccccc1C1C[C@@H]2CC(c3ccccc3CC)C[C@H](C)[C@]23C2CCCC2C[C@@H]3C1. The van der Waals surface area contributed by atoms with Gasteiger partial charge >= 0.3 is 0 Å². The van der Waals surface area contributed by atoms with Crippen LogP contribution in [0.2, 0.25) is 0 Å². The fraction of sp³-hybridized carbons (Fsp3) is 0.755. The zero-order valence-corrected chi connectivity index (χ0v) is 112. The largest absolute Gasteiger partial charge is 0.0683 e. The zero-order valence-electron chi connectivity index (χ0n) is 112. The molecule has 864 valence electrons. The summed E-state index contributed by atoms with van der Waals surface area (Å²) in [7, 11) is 0. The van der Waals surface area contributed by atoms with Crippen molar-refractivity contribution in [2.75, 3.05) is 0 Å². The molecule has 12 aliphatic carbocycles. The standard InChI is InChI=1S/3C33H44.24C2H6/c3*1-4-23-11-6-8-14-30(23)26-17-22(3)33-28(18-25-13-10-16-32(25)33)20-27(21-29(33)19-26)31-15-9-7-12-24(31)5-2;24*1-2/h3*6-9,11-12,14-15,22,25-29,32H,4-5,10,13,16-21H2,1-3H3;24*1-2H3/t3*22-,25?,26?,27?,28+,29-,32?,33+;;;;;;;;;;;;;;;;;;;;;;;;/m000......................../s1. The van der Waals surface area contributed by atoms with Gasteiger partial charge in [0.25, 0.3) is 0 Å². The lowest BCUT2D eigenvalue weighted by Crippen LogP contribution is -2.52. The maximum absolute atomic E-state index is 2.70. The van der Waals surface area contributed by atoms with Crippen LogP contribution in [-0.4, -0.2) is 0 Å². The third kappa shape index (κ3) is 40.8. The normalized spacial score (nSPS) is 27.7. The number of hydrogen-bond acceptors (Lipinski definition) is 0. The molecule has 6 aromatic carbocycles. The van der Waals surface area contributed by atoms with E-state index in [9.17, 15) is 0 Å². The summed E-state index contributed by atoms with van der Waals surface area (Å²) >= 11 is 0. The molecule has 24 atom stereocenters. The minimum Gasteiger partial charge on any atom is -0.0683 e. The number of hydrogen-bond donors (Lipinski definition) is 0. The Balaban J connectivity index is -0.000000230. The van der Waals surface area contributed by atoms with Gasteiger partial charge in [0, 0.05) is 0 Å². The predicted molar refractivity (Wildman–Crippen MR) is 691 cm³/mol. The van der Waals surface area contributed by atoms with Gasteiger partial charge in [-0.25, -0.2) is 0 Å². The van der Waals surface area contributed by atoms with E-state index in [0.29, 0.717) is 16.2 Å². The minimum atomic E-state index is 0.649. The fourth-order valence-electron chi connectivity index (χ4n) is 31.0. The Labute approximate surface area is 933 Å². The second-order valence-corrected chi connectivity index (χ2v) is 36.8. The molecule has 0 aliphatic heterocycles. The van der Waals surface area contributed by atoms with Crippen LogP contribution in [-0.2, 0) is 38.5 Å². The molecular formula is C147H276. The van der Waals surface area contributed by atoms with Gasteiger partial charge < -0.3 is 0 Å². The lowest BCUT2D eigenvalue weighted by Gasteiger charge is -2.60. The number of aryl methyl sites for hydroxylation is 6. The van der Waals surface area contributed by atoms with E-state index in [4.69, 9.17) is 0 Å². The summed E-state index contributed by atoms with van der Waals surface area (Å²) in [5.41, 5.74) is 21.8. The summed E-state index contributed by atoms with van der Waals surface area (Å²) < 4.78 is 0. The van der Waals surface area contributed by atoms with Crippen molar-refractivity contribution in [2.24, 2.45) is 105 Å². The van der Waals surface area contributed by atoms with Crippen molar-refractivity contribution in [3.8, 4) is 0 Å². The van der Waals surface area contributed by atoms with Crippen LogP contribution in [0.15, 0.2) is 146 Å². The second-order valence-electron chi connectivity index (χ2n) is 36.8. The fourth-order valence-corrected chi connectivity index (χ4v) is 31.0. The first-order valence-electron chi connectivity index (χ1n) is 67.0. The summed E-state index contributed by atoms with van der Waals surface area (Å²) in [5.74, 6) is 19.2.